The van der Waals surface area contributed by atoms with Crippen LogP contribution in [0.1, 0.15) is 37.0 Å². The lowest BCUT2D eigenvalue weighted by Gasteiger charge is -2.19. The molecular formula is C9H13ClF3N3O. The Morgan fingerprint density at radius 1 is 1.35 bits per heavy atom. The minimum absolute atomic E-state index is 0. The Bertz CT molecular complexity index is 350. The highest BCUT2D eigenvalue weighted by atomic mass is 35.5. The lowest BCUT2D eigenvalue weighted by Crippen LogP contribution is -2.27. The first kappa shape index (κ1) is 14.2. The summed E-state index contributed by atoms with van der Waals surface area (Å²) in [5.41, 5.74) is 0. The van der Waals surface area contributed by atoms with E-state index in [0.29, 0.717) is 0 Å². The molecule has 1 aliphatic rings. The van der Waals surface area contributed by atoms with Gasteiger partial charge in [-0.25, -0.2) is 0 Å². The molecule has 17 heavy (non-hydrogen) atoms. The summed E-state index contributed by atoms with van der Waals surface area (Å²) < 4.78 is 41.0. The fourth-order valence-electron chi connectivity index (χ4n) is 1.72. The van der Waals surface area contributed by atoms with E-state index in [-0.39, 0.29) is 30.2 Å². The minimum Gasteiger partial charge on any atom is -0.338 e. The van der Waals surface area contributed by atoms with Gasteiger partial charge in [0, 0.05) is 0 Å². The summed E-state index contributed by atoms with van der Waals surface area (Å²) in [7, 11) is 0. The zero-order valence-corrected chi connectivity index (χ0v) is 9.77. The number of alkyl halides is 3. The lowest BCUT2D eigenvalue weighted by molar-refractivity contribution is -0.128. The molecule has 1 fully saturated rings. The molecule has 1 N–H and O–H groups in total. The van der Waals surface area contributed by atoms with Gasteiger partial charge in [-0.1, -0.05) is 11.6 Å². The highest BCUT2D eigenvalue weighted by molar-refractivity contribution is 5.85. The fraction of sp³-hybridized carbons (Fsp3) is 0.778. The maximum Gasteiger partial charge on any atom is 0.396 e. The second-order valence-electron chi connectivity index (χ2n) is 3.84. The van der Waals surface area contributed by atoms with Crippen molar-refractivity contribution < 1.29 is 17.7 Å². The van der Waals surface area contributed by atoms with Gasteiger partial charge in [-0.3, -0.25) is 0 Å². The highest BCUT2D eigenvalue weighted by Crippen LogP contribution is 2.23. The molecule has 0 bridgehead atoms. The summed E-state index contributed by atoms with van der Waals surface area (Å²) >= 11 is 0. The molecule has 1 saturated heterocycles. The average Bonchev–Trinajstić information content (AvgIpc) is 2.65. The van der Waals surface area contributed by atoms with Crippen molar-refractivity contribution in [3.8, 4) is 0 Å². The Morgan fingerprint density at radius 3 is 2.71 bits per heavy atom. The predicted octanol–water partition coefficient (Wildman–Crippen LogP) is 2.41. The molecule has 8 heteroatoms. The SMILES string of the molecule is Cl.FC(F)(F)Cc1noc(C2CCCCN2)n1. The number of halogens is 4. The van der Waals surface area contributed by atoms with Crippen molar-refractivity contribution in [3.63, 3.8) is 0 Å². The van der Waals surface area contributed by atoms with Crippen LogP contribution in [0.15, 0.2) is 4.52 Å². The summed E-state index contributed by atoms with van der Waals surface area (Å²) in [4.78, 5) is 3.76. The molecule has 0 aromatic carbocycles. The molecule has 98 valence electrons. The first-order chi connectivity index (χ1) is 7.54. The maximum absolute atomic E-state index is 12.1. The summed E-state index contributed by atoms with van der Waals surface area (Å²) in [5, 5.41) is 6.46. The van der Waals surface area contributed by atoms with Crippen molar-refractivity contribution in [2.75, 3.05) is 6.54 Å². The first-order valence-corrected chi connectivity index (χ1v) is 5.17. The summed E-state index contributed by atoms with van der Waals surface area (Å²) in [6, 6.07) is -0.0942. The fourth-order valence-corrected chi connectivity index (χ4v) is 1.72. The van der Waals surface area contributed by atoms with Crippen LogP contribution >= 0.6 is 12.4 Å². The first-order valence-electron chi connectivity index (χ1n) is 5.17. The second-order valence-corrected chi connectivity index (χ2v) is 3.84. The van der Waals surface area contributed by atoms with Gasteiger partial charge in [0.15, 0.2) is 5.82 Å². The molecule has 1 unspecified atom stereocenters. The molecule has 2 rings (SSSR count). The van der Waals surface area contributed by atoms with Crippen LogP contribution in [0.4, 0.5) is 13.2 Å². The molecule has 1 aliphatic heterocycles. The molecule has 1 atom stereocenters. The molecule has 2 heterocycles. The Morgan fingerprint density at radius 2 is 2.12 bits per heavy atom. The third-order valence-electron chi connectivity index (χ3n) is 2.45. The highest BCUT2D eigenvalue weighted by Gasteiger charge is 2.31. The van der Waals surface area contributed by atoms with Gasteiger partial charge >= 0.3 is 6.18 Å². The Kier molecular flexibility index (Phi) is 4.76. The van der Waals surface area contributed by atoms with Crippen LogP contribution in [0.5, 0.6) is 0 Å². The number of nitrogens with zero attached hydrogens (tertiary/aromatic N) is 2. The summed E-state index contributed by atoms with van der Waals surface area (Å²) in [5.74, 6) is -0.0335. The van der Waals surface area contributed by atoms with Crippen molar-refractivity contribution in [3.05, 3.63) is 11.7 Å². The molecule has 1 aromatic rings. The number of hydrogen-bond acceptors (Lipinski definition) is 4. The van der Waals surface area contributed by atoms with Crippen molar-refractivity contribution in [2.24, 2.45) is 0 Å². The van der Waals surface area contributed by atoms with Gasteiger partial charge in [0.2, 0.25) is 5.89 Å². The molecule has 0 radical (unpaired) electrons. The van der Waals surface area contributed by atoms with Crippen LogP contribution in [0.2, 0.25) is 0 Å². The van der Waals surface area contributed by atoms with Crippen molar-refractivity contribution >= 4 is 12.4 Å². The standard InChI is InChI=1S/C9H12F3N3O.ClH/c10-9(11,12)5-7-14-8(16-15-7)6-3-1-2-4-13-6;/h6,13H,1-5H2;1H. The van der Waals surface area contributed by atoms with E-state index in [2.05, 4.69) is 15.5 Å². The van der Waals surface area contributed by atoms with Gasteiger partial charge in [-0.15, -0.1) is 12.4 Å². The van der Waals surface area contributed by atoms with Crippen LogP contribution in [0.25, 0.3) is 0 Å². The van der Waals surface area contributed by atoms with E-state index in [0.717, 1.165) is 25.8 Å². The molecule has 0 aliphatic carbocycles. The van der Waals surface area contributed by atoms with Crippen LogP contribution in [-0.4, -0.2) is 22.9 Å². The average molecular weight is 272 g/mol. The number of nitrogens with one attached hydrogen (secondary N) is 1. The molecule has 0 spiro atoms. The maximum atomic E-state index is 12.1. The molecule has 0 amide bonds. The Balaban J connectivity index is 0.00000144. The topological polar surface area (TPSA) is 51.0 Å². The molecule has 4 nitrogen and oxygen atoms in total. The number of piperidine rings is 1. The van der Waals surface area contributed by atoms with E-state index in [1.165, 1.54) is 0 Å². The van der Waals surface area contributed by atoms with Crippen LogP contribution in [0, 0.1) is 0 Å². The van der Waals surface area contributed by atoms with Gasteiger partial charge in [0.25, 0.3) is 0 Å². The van der Waals surface area contributed by atoms with Gasteiger partial charge in [-0.05, 0) is 19.4 Å². The van der Waals surface area contributed by atoms with E-state index >= 15 is 0 Å². The van der Waals surface area contributed by atoms with Crippen LogP contribution in [-0.2, 0) is 6.42 Å². The molecule has 0 saturated carbocycles. The van der Waals surface area contributed by atoms with Crippen molar-refractivity contribution in [1.82, 2.24) is 15.5 Å². The van der Waals surface area contributed by atoms with Gasteiger partial charge in [-0.2, -0.15) is 18.2 Å². The summed E-state index contributed by atoms with van der Waals surface area (Å²) in [6.07, 6.45) is -2.51. The van der Waals surface area contributed by atoms with Gasteiger partial charge < -0.3 is 9.84 Å². The van der Waals surface area contributed by atoms with Crippen molar-refractivity contribution in [1.29, 1.82) is 0 Å². The summed E-state index contributed by atoms with van der Waals surface area (Å²) in [6.45, 7) is 0.835. The van der Waals surface area contributed by atoms with E-state index in [9.17, 15) is 13.2 Å². The van der Waals surface area contributed by atoms with E-state index in [1.54, 1.807) is 0 Å². The number of rotatable bonds is 2. The minimum atomic E-state index is -4.29. The van der Waals surface area contributed by atoms with E-state index in [1.807, 2.05) is 0 Å². The smallest absolute Gasteiger partial charge is 0.338 e. The van der Waals surface area contributed by atoms with Crippen molar-refractivity contribution in [2.45, 2.75) is 37.9 Å². The third kappa shape index (κ3) is 4.16. The Labute approximate surface area is 102 Å². The van der Waals surface area contributed by atoms with E-state index in [4.69, 9.17) is 4.52 Å². The molecule has 1 aromatic heterocycles. The normalized spacial score (nSPS) is 21.0. The zero-order chi connectivity index (χ0) is 11.6. The van der Waals surface area contributed by atoms with Gasteiger partial charge in [0.1, 0.15) is 6.42 Å². The zero-order valence-electron chi connectivity index (χ0n) is 8.96. The van der Waals surface area contributed by atoms with Crippen LogP contribution in [0.3, 0.4) is 0 Å². The monoisotopic (exact) mass is 271 g/mol. The second kappa shape index (κ2) is 5.68. The predicted molar refractivity (Wildman–Crippen MR) is 55.9 cm³/mol. The largest absolute Gasteiger partial charge is 0.396 e. The van der Waals surface area contributed by atoms with E-state index < -0.39 is 12.6 Å². The van der Waals surface area contributed by atoms with Gasteiger partial charge in [0.05, 0.1) is 6.04 Å². The Hall–Kier alpha value is -0.820. The van der Waals surface area contributed by atoms with Crippen LogP contribution < -0.4 is 5.32 Å². The third-order valence-corrected chi connectivity index (χ3v) is 2.45. The molecular weight excluding hydrogens is 259 g/mol. The quantitative estimate of drug-likeness (QED) is 0.897. The number of hydrogen-bond donors (Lipinski definition) is 1. The number of aromatic nitrogens is 2. The lowest BCUT2D eigenvalue weighted by atomic mass is 10.1.